The number of halogens is 1. The number of benzene rings is 2. The van der Waals surface area contributed by atoms with Crippen LogP contribution in [-0.4, -0.2) is 46.2 Å². The Morgan fingerprint density at radius 1 is 1.00 bits per heavy atom. The third-order valence-corrected chi connectivity index (χ3v) is 6.21. The average Bonchev–Trinajstić information content (AvgIpc) is 3.28. The van der Waals surface area contributed by atoms with Crippen LogP contribution in [0.2, 0.25) is 5.02 Å². The van der Waals surface area contributed by atoms with Crippen LogP contribution in [0, 0.1) is 0 Å². The molecule has 3 N–H and O–H groups in total. The maximum Gasteiger partial charge on any atom is 0.261 e. The van der Waals surface area contributed by atoms with Gasteiger partial charge in [0, 0.05) is 35.4 Å². The summed E-state index contributed by atoms with van der Waals surface area (Å²) in [4.78, 5) is 31.0. The summed E-state index contributed by atoms with van der Waals surface area (Å²) in [6, 6.07) is 17.0. The fourth-order valence-electron chi connectivity index (χ4n) is 4.32. The van der Waals surface area contributed by atoms with E-state index in [1.165, 1.54) is 0 Å². The van der Waals surface area contributed by atoms with Gasteiger partial charge in [0.15, 0.2) is 0 Å². The van der Waals surface area contributed by atoms with E-state index in [1.54, 1.807) is 18.3 Å². The lowest BCUT2D eigenvalue weighted by Gasteiger charge is -2.28. The molecular formula is C25H21ClN6O2. The molecule has 3 aromatic heterocycles. The fraction of sp³-hybridized carbons (Fsp3) is 0.160. The number of morpholine rings is 1. The van der Waals surface area contributed by atoms with Gasteiger partial charge in [0.2, 0.25) is 0 Å². The maximum atomic E-state index is 13.3. The number of fused-ring (bicyclic) bond motifs is 2. The lowest BCUT2D eigenvalue weighted by Crippen LogP contribution is -2.36. The van der Waals surface area contributed by atoms with Crippen LogP contribution in [-0.2, 0) is 4.74 Å². The van der Waals surface area contributed by atoms with E-state index in [-0.39, 0.29) is 5.56 Å². The summed E-state index contributed by atoms with van der Waals surface area (Å²) in [5.74, 6) is 1.08. The molecule has 1 saturated heterocycles. The van der Waals surface area contributed by atoms with Crippen molar-refractivity contribution in [3.63, 3.8) is 0 Å². The smallest absolute Gasteiger partial charge is 0.261 e. The summed E-state index contributed by atoms with van der Waals surface area (Å²) in [6.07, 6.45) is 1.69. The molecule has 1 aliphatic rings. The van der Waals surface area contributed by atoms with Gasteiger partial charge in [-0.25, -0.2) is 9.97 Å². The van der Waals surface area contributed by atoms with E-state index in [4.69, 9.17) is 21.3 Å². The number of H-pyrrole nitrogens is 2. The van der Waals surface area contributed by atoms with Crippen molar-refractivity contribution >= 4 is 50.7 Å². The highest BCUT2D eigenvalue weighted by molar-refractivity contribution is 6.31. The minimum atomic E-state index is -0.263. The Balaban J connectivity index is 1.52. The zero-order valence-electron chi connectivity index (χ0n) is 18.1. The van der Waals surface area contributed by atoms with Gasteiger partial charge in [-0.2, -0.15) is 0 Å². The second-order valence-corrected chi connectivity index (χ2v) is 8.56. The normalized spacial score (nSPS) is 14.1. The molecule has 0 amide bonds. The van der Waals surface area contributed by atoms with E-state index in [0.717, 1.165) is 35.2 Å². The molecule has 0 unspecified atom stereocenters. The zero-order valence-corrected chi connectivity index (χ0v) is 18.9. The molecule has 34 heavy (non-hydrogen) atoms. The van der Waals surface area contributed by atoms with Gasteiger partial charge in [0.1, 0.15) is 17.2 Å². The Morgan fingerprint density at radius 2 is 1.85 bits per heavy atom. The number of nitrogens with one attached hydrogen (secondary N) is 3. The Kier molecular flexibility index (Phi) is 5.16. The first-order valence-corrected chi connectivity index (χ1v) is 11.4. The highest BCUT2D eigenvalue weighted by atomic mass is 35.5. The predicted octanol–water partition coefficient (Wildman–Crippen LogP) is 4.70. The Morgan fingerprint density at radius 3 is 2.68 bits per heavy atom. The molecule has 1 fully saturated rings. The Labute approximate surface area is 199 Å². The summed E-state index contributed by atoms with van der Waals surface area (Å²) in [5.41, 5.74) is 4.11. The van der Waals surface area contributed by atoms with Crippen molar-refractivity contribution in [2.24, 2.45) is 0 Å². The third kappa shape index (κ3) is 3.76. The van der Waals surface area contributed by atoms with Crippen molar-refractivity contribution in [2.75, 3.05) is 36.5 Å². The largest absolute Gasteiger partial charge is 0.378 e. The highest BCUT2D eigenvalue weighted by Crippen LogP contribution is 2.34. The SMILES string of the molecule is O=c1[nH]c2ccc(Cl)cc2c(Nc2ccccn2)c1-c1nc2cc(N3CCOCC3)ccc2[nH]1. The molecule has 8 nitrogen and oxygen atoms in total. The van der Waals surface area contributed by atoms with Crippen LogP contribution in [0.15, 0.2) is 65.6 Å². The molecule has 0 saturated carbocycles. The molecule has 4 heterocycles. The van der Waals surface area contributed by atoms with Crippen molar-refractivity contribution in [1.29, 1.82) is 0 Å². The second-order valence-electron chi connectivity index (χ2n) is 8.12. The van der Waals surface area contributed by atoms with E-state index < -0.39 is 0 Å². The van der Waals surface area contributed by atoms with Crippen LogP contribution in [0.3, 0.4) is 0 Å². The van der Waals surface area contributed by atoms with Gasteiger partial charge in [0.05, 0.1) is 35.5 Å². The molecule has 0 spiro atoms. The Bertz CT molecular complexity index is 1560. The van der Waals surface area contributed by atoms with Crippen molar-refractivity contribution in [3.05, 3.63) is 76.2 Å². The topological polar surface area (TPSA) is 98.9 Å². The van der Waals surface area contributed by atoms with Gasteiger partial charge in [-0.3, -0.25) is 4.79 Å². The summed E-state index contributed by atoms with van der Waals surface area (Å²) in [7, 11) is 0. The van der Waals surface area contributed by atoms with E-state index in [1.807, 2.05) is 36.4 Å². The molecule has 0 radical (unpaired) electrons. The predicted molar refractivity (Wildman–Crippen MR) is 135 cm³/mol. The van der Waals surface area contributed by atoms with Crippen LogP contribution in [0.5, 0.6) is 0 Å². The molecular weight excluding hydrogens is 452 g/mol. The van der Waals surface area contributed by atoms with Crippen molar-refractivity contribution in [1.82, 2.24) is 19.9 Å². The molecule has 0 atom stereocenters. The van der Waals surface area contributed by atoms with Crippen molar-refractivity contribution in [3.8, 4) is 11.4 Å². The molecule has 1 aliphatic heterocycles. The quantitative estimate of drug-likeness (QED) is 0.350. The standard InChI is InChI=1S/C25H21ClN6O2/c26-15-4-6-18-17(13-15)23(31-21-3-1-2-8-27-21)22(25(33)30-18)24-28-19-7-5-16(14-20(19)29-24)32-9-11-34-12-10-32/h1-8,13-14H,9-12H2,(H,28,29)(H2,27,30,31,33). The van der Waals surface area contributed by atoms with Gasteiger partial charge >= 0.3 is 0 Å². The summed E-state index contributed by atoms with van der Waals surface area (Å²) in [6.45, 7) is 3.10. The number of anilines is 3. The highest BCUT2D eigenvalue weighted by Gasteiger charge is 2.20. The van der Waals surface area contributed by atoms with Crippen LogP contribution in [0.4, 0.5) is 17.2 Å². The van der Waals surface area contributed by atoms with Gasteiger partial charge in [0.25, 0.3) is 5.56 Å². The number of ether oxygens (including phenoxy) is 1. The van der Waals surface area contributed by atoms with Gasteiger partial charge in [-0.1, -0.05) is 17.7 Å². The molecule has 6 rings (SSSR count). The second kappa shape index (κ2) is 8.48. The number of nitrogens with zero attached hydrogens (tertiary/aromatic N) is 3. The van der Waals surface area contributed by atoms with Gasteiger partial charge in [-0.05, 0) is 48.5 Å². The first-order valence-electron chi connectivity index (χ1n) is 11.0. The number of imidazole rings is 1. The average molecular weight is 473 g/mol. The number of aromatic amines is 2. The van der Waals surface area contributed by atoms with Gasteiger partial charge < -0.3 is 24.9 Å². The van der Waals surface area contributed by atoms with E-state index >= 15 is 0 Å². The maximum absolute atomic E-state index is 13.3. The van der Waals surface area contributed by atoms with Crippen LogP contribution < -0.4 is 15.8 Å². The first-order chi connectivity index (χ1) is 16.7. The minimum Gasteiger partial charge on any atom is -0.378 e. The molecule has 170 valence electrons. The number of hydrogen-bond donors (Lipinski definition) is 3. The summed E-state index contributed by atoms with van der Waals surface area (Å²) >= 11 is 6.31. The van der Waals surface area contributed by atoms with Crippen LogP contribution >= 0.6 is 11.6 Å². The van der Waals surface area contributed by atoms with E-state index in [9.17, 15) is 4.79 Å². The lowest BCUT2D eigenvalue weighted by molar-refractivity contribution is 0.122. The van der Waals surface area contributed by atoms with Crippen molar-refractivity contribution < 1.29 is 4.74 Å². The molecule has 0 bridgehead atoms. The molecule has 2 aromatic carbocycles. The lowest BCUT2D eigenvalue weighted by atomic mass is 10.1. The molecule has 0 aliphatic carbocycles. The van der Waals surface area contributed by atoms with E-state index in [0.29, 0.717) is 46.6 Å². The monoisotopic (exact) mass is 472 g/mol. The van der Waals surface area contributed by atoms with Crippen LogP contribution in [0.1, 0.15) is 0 Å². The number of pyridine rings is 2. The van der Waals surface area contributed by atoms with Gasteiger partial charge in [-0.15, -0.1) is 0 Å². The summed E-state index contributed by atoms with van der Waals surface area (Å²) < 4.78 is 5.47. The number of rotatable bonds is 4. The summed E-state index contributed by atoms with van der Waals surface area (Å²) in [5, 5.41) is 4.65. The van der Waals surface area contributed by atoms with Crippen LogP contribution in [0.25, 0.3) is 33.3 Å². The minimum absolute atomic E-state index is 0.263. The van der Waals surface area contributed by atoms with E-state index in [2.05, 4.69) is 31.2 Å². The Hall–Kier alpha value is -3.88. The number of aromatic nitrogens is 4. The molecule has 5 aromatic rings. The fourth-order valence-corrected chi connectivity index (χ4v) is 4.49. The number of hydrogen-bond acceptors (Lipinski definition) is 6. The first kappa shape index (κ1) is 20.7. The molecule has 9 heteroatoms. The third-order valence-electron chi connectivity index (χ3n) is 5.97. The zero-order chi connectivity index (χ0) is 23.1. The van der Waals surface area contributed by atoms with Crippen molar-refractivity contribution in [2.45, 2.75) is 0 Å².